The molecule has 0 aliphatic rings. The van der Waals surface area contributed by atoms with Crippen molar-refractivity contribution in [1.29, 1.82) is 0 Å². The summed E-state index contributed by atoms with van der Waals surface area (Å²) in [6.45, 7) is 1.79. The van der Waals surface area contributed by atoms with Gasteiger partial charge in [-0.05, 0) is 25.1 Å². The van der Waals surface area contributed by atoms with Crippen molar-refractivity contribution in [2.75, 3.05) is 12.4 Å². The van der Waals surface area contributed by atoms with Crippen LogP contribution < -0.4 is 10.1 Å². The number of methoxy groups -OCH3 is 1. The van der Waals surface area contributed by atoms with E-state index in [-0.39, 0.29) is 5.91 Å². The second-order valence-corrected chi connectivity index (χ2v) is 7.39. The van der Waals surface area contributed by atoms with Crippen LogP contribution in [-0.4, -0.2) is 33.4 Å². The van der Waals surface area contributed by atoms with Crippen LogP contribution >= 0.6 is 11.8 Å². The minimum Gasteiger partial charge on any atom is -0.497 e. The summed E-state index contributed by atoms with van der Waals surface area (Å²) in [5.74, 6) is 0.934. The highest BCUT2D eigenvalue weighted by molar-refractivity contribution is 8.00. The molecule has 1 amide bonds. The Bertz CT molecular complexity index is 1120. The minimum atomic E-state index is -0.414. The van der Waals surface area contributed by atoms with Gasteiger partial charge in [-0.3, -0.25) is 4.79 Å². The number of amides is 1. The van der Waals surface area contributed by atoms with E-state index in [9.17, 15) is 4.79 Å². The first-order valence-corrected chi connectivity index (χ1v) is 9.53. The first-order valence-electron chi connectivity index (χ1n) is 8.65. The fraction of sp³-hybridized carbons (Fsp3) is 0.150. The third-order valence-corrected chi connectivity index (χ3v) is 5.14. The quantitative estimate of drug-likeness (QED) is 0.473. The summed E-state index contributed by atoms with van der Waals surface area (Å²) in [4.78, 5) is 15.6. The molecular weight excluding hydrogens is 376 g/mol. The highest BCUT2D eigenvalue weighted by Crippen LogP contribution is 2.31. The SMILES string of the molecule is COc1cccc(NC(=O)[C@H](C)Sc2nnc(-c3c[nH]c4ccccc34)o2)c1. The lowest BCUT2D eigenvalue weighted by Gasteiger charge is -2.10. The molecule has 2 aromatic carbocycles. The molecule has 0 saturated carbocycles. The third kappa shape index (κ3) is 3.72. The molecule has 2 aromatic heterocycles. The Morgan fingerprint density at radius 3 is 2.93 bits per heavy atom. The summed E-state index contributed by atoms with van der Waals surface area (Å²) < 4.78 is 10.9. The molecule has 142 valence electrons. The van der Waals surface area contributed by atoms with E-state index < -0.39 is 5.25 Å². The Hall–Kier alpha value is -3.26. The number of aromatic nitrogens is 3. The summed E-state index contributed by atoms with van der Waals surface area (Å²) in [7, 11) is 1.58. The van der Waals surface area contributed by atoms with Crippen LogP contribution in [0.5, 0.6) is 5.75 Å². The van der Waals surface area contributed by atoms with Gasteiger partial charge in [0.2, 0.25) is 5.91 Å². The van der Waals surface area contributed by atoms with Gasteiger partial charge >= 0.3 is 0 Å². The maximum atomic E-state index is 12.5. The number of fused-ring (bicyclic) bond motifs is 1. The first kappa shape index (κ1) is 18.1. The van der Waals surface area contributed by atoms with E-state index in [1.807, 2.05) is 42.6 Å². The van der Waals surface area contributed by atoms with Crippen LogP contribution in [0.25, 0.3) is 22.4 Å². The minimum absolute atomic E-state index is 0.162. The van der Waals surface area contributed by atoms with E-state index in [1.165, 1.54) is 11.8 Å². The van der Waals surface area contributed by atoms with Crippen molar-refractivity contribution in [2.24, 2.45) is 0 Å². The lowest BCUT2D eigenvalue weighted by atomic mass is 10.2. The number of hydrogen-bond donors (Lipinski definition) is 2. The second-order valence-electron chi connectivity index (χ2n) is 6.10. The van der Waals surface area contributed by atoms with Gasteiger partial charge in [0.25, 0.3) is 11.1 Å². The van der Waals surface area contributed by atoms with E-state index in [0.717, 1.165) is 16.5 Å². The molecule has 0 aliphatic carbocycles. The molecule has 2 heterocycles. The lowest BCUT2D eigenvalue weighted by Crippen LogP contribution is -2.22. The highest BCUT2D eigenvalue weighted by Gasteiger charge is 2.20. The molecule has 7 nitrogen and oxygen atoms in total. The van der Waals surface area contributed by atoms with E-state index in [0.29, 0.717) is 22.6 Å². The molecule has 2 N–H and O–H groups in total. The van der Waals surface area contributed by atoms with Crippen LogP contribution in [0.3, 0.4) is 0 Å². The van der Waals surface area contributed by atoms with Gasteiger partial charge < -0.3 is 19.5 Å². The molecule has 1 atom stereocenters. The molecule has 28 heavy (non-hydrogen) atoms. The number of H-pyrrole nitrogens is 1. The molecule has 8 heteroatoms. The van der Waals surface area contributed by atoms with E-state index in [1.54, 1.807) is 26.2 Å². The zero-order valence-corrected chi connectivity index (χ0v) is 16.1. The van der Waals surface area contributed by atoms with Crippen LogP contribution in [-0.2, 0) is 4.79 Å². The van der Waals surface area contributed by atoms with Crippen molar-refractivity contribution < 1.29 is 13.9 Å². The first-order chi connectivity index (χ1) is 13.6. The number of carbonyl (C=O) groups excluding carboxylic acids is 1. The predicted molar refractivity (Wildman–Crippen MR) is 109 cm³/mol. The molecule has 0 fully saturated rings. The topological polar surface area (TPSA) is 93.0 Å². The zero-order chi connectivity index (χ0) is 19.5. The van der Waals surface area contributed by atoms with Crippen LogP contribution in [0, 0.1) is 0 Å². The molecule has 4 rings (SSSR count). The molecule has 0 bridgehead atoms. The fourth-order valence-electron chi connectivity index (χ4n) is 2.76. The van der Waals surface area contributed by atoms with Gasteiger partial charge in [-0.2, -0.15) is 0 Å². The molecule has 0 unspecified atom stereocenters. The van der Waals surface area contributed by atoms with Gasteiger partial charge in [-0.15, -0.1) is 10.2 Å². The second kappa shape index (κ2) is 7.77. The number of para-hydroxylation sites is 1. The number of ether oxygens (including phenoxy) is 1. The average molecular weight is 394 g/mol. The molecule has 4 aromatic rings. The van der Waals surface area contributed by atoms with E-state index in [2.05, 4.69) is 20.5 Å². The molecule has 0 radical (unpaired) electrons. The summed E-state index contributed by atoms with van der Waals surface area (Å²) in [6.07, 6.45) is 1.84. The average Bonchev–Trinajstić information content (AvgIpc) is 3.34. The van der Waals surface area contributed by atoms with Crippen LogP contribution in [0.15, 0.2) is 64.4 Å². The van der Waals surface area contributed by atoms with Gasteiger partial charge in [0.1, 0.15) is 5.75 Å². The van der Waals surface area contributed by atoms with Gasteiger partial charge in [0.15, 0.2) is 0 Å². The van der Waals surface area contributed by atoms with Gasteiger partial charge in [0.05, 0.1) is 17.9 Å². The third-order valence-electron chi connectivity index (χ3n) is 4.21. The van der Waals surface area contributed by atoms with Gasteiger partial charge in [0, 0.05) is 28.9 Å². The van der Waals surface area contributed by atoms with Crippen molar-refractivity contribution in [3.63, 3.8) is 0 Å². The normalized spacial score (nSPS) is 12.1. The monoisotopic (exact) mass is 394 g/mol. The summed E-state index contributed by atoms with van der Waals surface area (Å²) in [5, 5.41) is 12.0. The number of rotatable bonds is 6. The standard InChI is InChI=1S/C20H18N4O3S/c1-12(18(25)22-13-6-5-7-14(10-13)26-2)28-20-24-23-19(27-20)16-11-21-17-9-4-3-8-15(16)17/h3-12,21H,1-2H3,(H,22,25)/t12-/m0/s1. The highest BCUT2D eigenvalue weighted by atomic mass is 32.2. The van der Waals surface area contributed by atoms with Gasteiger partial charge in [-0.1, -0.05) is 36.0 Å². The number of nitrogens with one attached hydrogen (secondary N) is 2. The van der Waals surface area contributed by atoms with Crippen LogP contribution in [0.1, 0.15) is 6.92 Å². The number of hydrogen-bond acceptors (Lipinski definition) is 6. The number of carbonyl (C=O) groups is 1. The van der Waals surface area contributed by atoms with Crippen molar-refractivity contribution in [1.82, 2.24) is 15.2 Å². The molecular formula is C20H18N4O3S. The van der Waals surface area contributed by atoms with Crippen molar-refractivity contribution in [3.8, 4) is 17.2 Å². The fourth-order valence-corrected chi connectivity index (χ4v) is 3.45. The maximum Gasteiger partial charge on any atom is 0.277 e. The lowest BCUT2D eigenvalue weighted by molar-refractivity contribution is -0.115. The number of nitrogens with zero attached hydrogens (tertiary/aromatic N) is 2. The number of anilines is 1. The Morgan fingerprint density at radius 1 is 1.21 bits per heavy atom. The number of aromatic amines is 1. The van der Waals surface area contributed by atoms with Crippen molar-refractivity contribution >= 4 is 34.3 Å². The number of thioether (sulfide) groups is 1. The van der Waals surface area contributed by atoms with E-state index in [4.69, 9.17) is 9.15 Å². The Morgan fingerprint density at radius 2 is 2.07 bits per heavy atom. The maximum absolute atomic E-state index is 12.5. The van der Waals surface area contributed by atoms with E-state index >= 15 is 0 Å². The number of benzene rings is 2. The Labute approximate surface area is 165 Å². The van der Waals surface area contributed by atoms with Gasteiger partial charge in [-0.25, -0.2) is 0 Å². The Kier molecular flexibility index (Phi) is 5.03. The van der Waals surface area contributed by atoms with Crippen molar-refractivity contribution in [3.05, 3.63) is 54.7 Å². The Balaban J connectivity index is 1.45. The smallest absolute Gasteiger partial charge is 0.277 e. The largest absolute Gasteiger partial charge is 0.497 e. The molecule has 0 aliphatic heterocycles. The molecule has 0 spiro atoms. The summed E-state index contributed by atoms with van der Waals surface area (Å²) in [5.41, 5.74) is 2.50. The van der Waals surface area contributed by atoms with Crippen LogP contribution in [0.2, 0.25) is 0 Å². The van der Waals surface area contributed by atoms with Crippen LogP contribution in [0.4, 0.5) is 5.69 Å². The summed E-state index contributed by atoms with van der Waals surface area (Å²) in [6, 6.07) is 15.1. The molecule has 0 saturated heterocycles. The summed E-state index contributed by atoms with van der Waals surface area (Å²) >= 11 is 1.21. The zero-order valence-electron chi connectivity index (χ0n) is 15.3. The van der Waals surface area contributed by atoms with Crippen molar-refractivity contribution in [2.45, 2.75) is 17.4 Å². The predicted octanol–water partition coefficient (Wildman–Crippen LogP) is 4.35.